The van der Waals surface area contributed by atoms with E-state index < -0.39 is 11.9 Å². The van der Waals surface area contributed by atoms with E-state index in [0.29, 0.717) is 19.4 Å². The van der Waals surface area contributed by atoms with Gasteiger partial charge in [-0.05, 0) is 6.42 Å². The Morgan fingerprint density at radius 2 is 2.31 bits per heavy atom. The molecule has 2 N–H and O–H groups in total. The lowest BCUT2D eigenvalue weighted by atomic mass is 10.0. The Morgan fingerprint density at radius 1 is 1.56 bits per heavy atom. The van der Waals surface area contributed by atoms with E-state index >= 15 is 0 Å². The van der Waals surface area contributed by atoms with Crippen molar-refractivity contribution >= 4 is 17.8 Å². The Morgan fingerprint density at radius 3 is 2.94 bits per heavy atom. The van der Waals surface area contributed by atoms with Gasteiger partial charge in [-0.1, -0.05) is 0 Å². The lowest BCUT2D eigenvalue weighted by Crippen LogP contribution is -2.27. The molecule has 0 fully saturated rings. The fourth-order valence-electron chi connectivity index (χ4n) is 1.72. The molecule has 86 valence electrons. The number of nitrogens with zero attached hydrogens (tertiary/aromatic N) is 3. The molecule has 1 atom stereocenters. The zero-order chi connectivity index (χ0) is 11.7. The predicted molar refractivity (Wildman–Crippen MR) is 53.8 cm³/mol. The zero-order valence-electron chi connectivity index (χ0n) is 8.80. The van der Waals surface area contributed by atoms with Crippen LogP contribution in [0, 0.1) is 5.92 Å². The minimum Gasteiger partial charge on any atom is -0.481 e. The fourth-order valence-corrected chi connectivity index (χ4v) is 1.72. The highest BCUT2D eigenvalue weighted by Gasteiger charge is 2.26. The first kappa shape index (κ1) is 10.6. The third-order valence-electron chi connectivity index (χ3n) is 2.50. The van der Waals surface area contributed by atoms with Crippen LogP contribution in [-0.2, 0) is 22.6 Å². The van der Waals surface area contributed by atoms with Crippen LogP contribution >= 0.6 is 0 Å². The van der Waals surface area contributed by atoms with Crippen molar-refractivity contribution in [1.82, 2.24) is 14.8 Å². The van der Waals surface area contributed by atoms with E-state index in [9.17, 15) is 9.59 Å². The van der Waals surface area contributed by atoms with Gasteiger partial charge >= 0.3 is 5.97 Å². The summed E-state index contributed by atoms with van der Waals surface area (Å²) >= 11 is 0. The molecule has 0 spiro atoms. The van der Waals surface area contributed by atoms with Crippen molar-refractivity contribution in [3.8, 4) is 0 Å². The summed E-state index contributed by atoms with van der Waals surface area (Å²) in [6.45, 7) is 1.69. The van der Waals surface area contributed by atoms with Gasteiger partial charge in [0.05, 0.1) is 12.5 Å². The fraction of sp³-hybridized carbons (Fsp3) is 0.556. The third kappa shape index (κ3) is 2.02. The summed E-state index contributed by atoms with van der Waals surface area (Å²) in [4.78, 5) is 25.7. The van der Waals surface area contributed by atoms with Crippen LogP contribution in [0.3, 0.4) is 0 Å². The number of carbonyl (C=O) groups is 2. The van der Waals surface area contributed by atoms with Crippen LogP contribution in [0.5, 0.6) is 0 Å². The van der Waals surface area contributed by atoms with E-state index in [4.69, 9.17) is 5.11 Å². The van der Waals surface area contributed by atoms with Gasteiger partial charge in [0.2, 0.25) is 11.9 Å². The second-order valence-corrected chi connectivity index (χ2v) is 3.79. The lowest BCUT2D eigenvalue weighted by Gasteiger charge is -2.18. The van der Waals surface area contributed by atoms with Gasteiger partial charge in [-0.2, -0.15) is 4.98 Å². The molecule has 0 bridgehead atoms. The number of fused-ring (bicyclic) bond motifs is 1. The predicted octanol–water partition coefficient (Wildman–Crippen LogP) is -0.117. The van der Waals surface area contributed by atoms with Gasteiger partial charge in [0.25, 0.3) is 0 Å². The molecule has 0 aliphatic carbocycles. The Kier molecular flexibility index (Phi) is 2.59. The first-order valence-corrected chi connectivity index (χ1v) is 5.00. The van der Waals surface area contributed by atoms with Gasteiger partial charge in [0.1, 0.15) is 5.82 Å². The molecule has 2 heterocycles. The van der Waals surface area contributed by atoms with Crippen LogP contribution in [0.25, 0.3) is 0 Å². The van der Waals surface area contributed by atoms with Crippen LogP contribution in [0.4, 0.5) is 5.95 Å². The molecular formula is C9H12N4O3. The maximum Gasteiger partial charge on any atom is 0.308 e. The number of carboxylic acids is 1. The minimum absolute atomic E-state index is 0.238. The first-order valence-electron chi connectivity index (χ1n) is 5.00. The summed E-state index contributed by atoms with van der Waals surface area (Å²) in [5, 5.41) is 15.4. The number of hydrogen-bond donors (Lipinski definition) is 2. The molecule has 0 radical (unpaired) electrons. The van der Waals surface area contributed by atoms with E-state index in [2.05, 4.69) is 15.4 Å². The minimum atomic E-state index is -0.817. The van der Waals surface area contributed by atoms with Crippen LogP contribution in [0.1, 0.15) is 19.2 Å². The Hall–Kier alpha value is -1.92. The van der Waals surface area contributed by atoms with Crippen molar-refractivity contribution in [3.63, 3.8) is 0 Å². The highest BCUT2D eigenvalue weighted by atomic mass is 16.4. The van der Waals surface area contributed by atoms with Gasteiger partial charge in [-0.3, -0.25) is 14.9 Å². The number of rotatable bonds is 2. The van der Waals surface area contributed by atoms with Gasteiger partial charge in [-0.25, -0.2) is 4.68 Å². The molecule has 0 saturated carbocycles. The molecule has 2 rings (SSSR count). The molecule has 7 nitrogen and oxygen atoms in total. The normalized spacial score (nSPS) is 18.9. The van der Waals surface area contributed by atoms with E-state index in [-0.39, 0.29) is 11.9 Å². The Bertz CT molecular complexity index is 440. The second-order valence-electron chi connectivity index (χ2n) is 3.79. The second kappa shape index (κ2) is 3.92. The van der Waals surface area contributed by atoms with Gasteiger partial charge < -0.3 is 5.11 Å². The Balaban J connectivity index is 2.16. The lowest BCUT2D eigenvalue weighted by molar-refractivity contribution is -0.142. The zero-order valence-corrected chi connectivity index (χ0v) is 8.80. The molecule has 1 amide bonds. The number of aryl methyl sites for hydroxylation is 1. The van der Waals surface area contributed by atoms with Crippen LogP contribution in [0.15, 0.2) is 0 Å². The first-order chi connectivity index (χ1) is 7.56. The summed E-state index contributed by atoms with van der Waals surface area (Å²) in [6, 6.07) is 0. The average molecular weight is 224 g/mol. The quantitative estimate of drug-likeness (QED) is 0.730. The molecule has 1 unspecified atom stereocenters. The maximum absolute atomic E-state index is 10.8. The van der Waals surface area contributed by atoms with Gasteiger partial charge in [-0.15, -0.1) is 5.10 Å². The molecule has 0 saturated heterocycles. The van der Waals surface area contributed by atoms with E-state index in [1.165, 1.54) is 6.92 Å². The highest BCUT2D eigenvalue weighted by molar-refractivity contribution is 5.86. The smallest absolute Gasteiger partial charge is 0.308 e. The summed E-state index contributed by atoms with van der Waals surface area (Å²) in [7, 11) is 0. The van der Waals surface area contributed by atoms with E-state index in [1.807, 2.05) is 0 Å². The van der Waals surface area contributed by atoms with Crippen LogP contribution < -0.4 is 5.32 Å². The maximum atomic E-state index is 10.8. The standard InChI is InChI=1S/C9H12N4O3/c1-5(14)10-9-11-7-3-2-6(8(15)16)4-13(7)12-9/h6H,2-4H2,1H3,(H,15,16)(H,10,12,14). The van der Waals surface area contributed by atoms with Crippen LogP contribution in [-0.4, -0.2) is 31.7 Å². The van der Waals surface area contributed by atoms with Crippen molar-refractivity contribution in [3.05, 3.63) is 5.82 Å². The molecular weight excluding hydrogens is 212 g/mol. The monoisotopic (exact) mass is 224 g/mol. The highest BCUT2D eigenvalue weighted by Crippen LogP contribution is 2.19. The number of carboxylic acid groups (broad SMARTS) is 1. The van der Waals surface area contributed by atoms with Crippen molar-refractivity contribution in [2.75, 3.05) is 5.32 Å². The Labute approximate surface area is 91.5 Å². The van der Waals surface area contributed by atoms with Crippen molar-refractivity contribution < 1.29 is 14.7 Å². The van der Waals surface area contributed by atoms with E-state index in [0.717, 1.165) is 5.82 Å². The summed E-state index contributed by atoms with van der Waals surface area (Å²) < 4.78 is 1.55. The molecule has 1 aromatic heterocycles. The van der Waals surface area contributed by atoms with Gasteiger partial charge in [0, 0.05) is 13.3 Å². The summed E-state index contributed by atoms with van der Waals surface area (Å²) in [5.41, 5.74) is 0. The molecule has 16 heavy (non-hydrogen) atoms. The largest absolute Gasteiger partial charge is 0.481 e. The number of aliphatic carboxylic acids is 1. The molecule has 1 aliphatic rings. The third-order valence-corrected chi connectivity index (χ3v) is 2.50. The summed E-state index contributed by atoms with van der Waals surface area (Å²) in [5.74, 6) is -0.505. The van der Waals surface area contributed by atoms with Gasteiger partial charge in [0.15, 0.2) is 0 Å². The SMILES string of the molecule is CC(=O)Nc1nc2n(n1)CC(C(=O)O)CC2. The number of hydrogen-bond acceptors (Lipinski definition) is 4. The van der Waals surface area contributed by atoms with Crippen molar-refractivity contribution in [1.29, 1.82) is 0 Å². The molecule has 0 aromatic carbocycles. The number of carbonyl (C=O) groups excluding carboxylic acids is 1. The van der Waals surface area contributed by atoms with Crippen molar-refractivity contribution in [2.24, 2.45) is 5.92 Å². The van der Waals surface area contributed by atoms with Crippen LogP contribution in [0.2, 0.25) is 0 Å². The molecule has 7 heteroatoms. The molecule has 1 aromatic rings. The number of aromatic nitrogens is 3. The number of nitrogens with one attached hydrogen (secondary N) is 1. The average Bonchev–Trinajstić information content (AvgIpc) is 2.56. The summed E-state index contributed by atoms with van der Waals surface area (Å²) in [6.07, 6.45) is 1.14. The molecule has 1 aliphatic heterocycles. The topological polar surface area (TPSA) is 97.1 Å². The van der Waals surface area contributed by atoms with Crippen molar-refractivity contribution in [2.45, 2.75) is 26.3 Å². The van der Waals surface area contributed by atoms with E-state index in [1.54, 1.807) is 4.68 Å². The number of amides is 1. The number of anilines is 1.